The van der Waals surface area contributed by atoms with E-state index in [1.807, 2.05) is 0 Å². The minimum absolute atomic E-state index is 0.250. The molecule has 0 radical (unpaired) electrons. The minimum Gasteiger partial charge on any atom is -0.465 e. The number of hydrogen-bond acceptors (Lipinski definition) is 4. The van der Waals surface area contributed by atoms with Crippen molar-refractivity contribution in [3.63, 3.8) is 0 Å². The predicted octanol–water partition coefficient (Wildman–Crippen LogP) is 3.99. The maximum atomic E-state index is 12.0. The summed E-state index contributed by atoms with van der Waals surface area (Å²) in [5.41, 5.74) is 1.75. The van der Waals surface area contributed by atoms with Crippen molar-refractivity contribution in [2.24, 2.45) is 5.92 Å². The molecule has 1 aliphatic carbocycles. The molecule has 1 atom stereocenters. The van der Waals surface area contributed by atoms with E-state index >= 15 is 0 Å². The van der Waals surface area contributed by atoms with E-state index in [9.17, 15) is 10.1 Å². The second-order valence-corrected chi connectivity index (χ2v) is 6.61. The lowest BCUT2D eigenvalue weighted by Gasteiger charge is -2.17. The molecule has 1 amide bonds. The fraction of sp³-hybridized carbons (Fsp3) is 0.294. The van der Waals surface area contributed by atoms with E-state index in [2.05, 4.69) is 18.3 Å². The molecule has 112 valence electrons. The Labute approximate surface area is 133 Å². The van der Waals surface area contributed by atoms with E-state index in [4.69, 9.17) is 4.42 Å². The SMILES string of the molecule is C[C@H]1CCc2c(sc(NC(=O)/C=C/c3ccco3)c2C#N)C1. The molecule has 0 unspecified atom stereocenters. The van der Waals surface area contributed by atoms with Crippen LogP contribution in [0.15, 0.2) is 28.9 Å². The van der Waals surface area contributed by atoms with Crippen LogP contribution in [0.5, 0.6) is 0 Å². The lowest BCUT2D eigenvalue weighted by atomic mass is 9.89. The average molecular weight is 312 g/mol. The fourth-order valence-corrected chi connectivity index (χ4v) is 4.02. The van der Waals surface area contributed by atoms with E-state index in [0.717, 1.165) is 24.8 Å². The van der Waals surface area contributed by atoms with Gasteiger partial charge in [-0.05, 0) is 49.0 Å². The highest BCUT2D eigenvalue weighted by Gasteiger charge is 2.24. The molecule has 2 aromatic rings. The number of carbonyl (C=O) groups excluding carboxylic acids is 1. The summed E-state index contributed by atoms with van der Waals surface area (Å²) in [6.07, 6.45) is 7.60. The standard InChI is InChI=1S/C17H16N2O2S/c1-11-4-6-13-14(10-18)17(22-15(13)9-11)19-16(20)7-5-12-3-2-8-21-12/h2-3,5,7-8,11H,4,6,9H2,1H3,(H,19,20)/b7-5+/t11-/m0/s1. The second kappa shape index (κ2) is 6.20. The van der Waals surface area contributed by atoms with Crippen molar-refractivity contribution in [3.8, 4) is 6.07 Å². The minimum atomic E-state index is -0.250. The number of carbonyl (C=O) groups is 1. The maximum absolute atomic E-state index is 12.0. The van der Waals surface area contributed by atoms with Gasteiger partial charge in [0, 0.05) is 11.0 Å². The number of nitrogens with one attached hydrogen (secondary N) is 1. The lowest BCUT2D eigenvalue weighted by Crippen LogP contribution is -2.10. The molecular weight excluding hydrogens is 296 g/mol. The van der Waals surface area contributed by atoms with Crippen LogP contribution >= 0.6 is 11.3 Å². The molecule has 0 saturated carbocycles. The molecule has 0 aliphatic heterocycles. The smallest absolute Gasteiger partial charge is 0.249 e. The van der Waals surface area contributed by atoms with Crippen molar-refractivity contribution in [1.82, 2.24) is 0 Å². The van der Waals surface area contributed by atoms with E-state index < -0.39 is 0 Å². The number of furan rings is 1. The summed E-state index contributed by atoms with van der Waals surface area (Å²) in [5.74, 6) is 1.01. The van der Waals surface area contributed by atoms with Crippen molar-refractivity contribution in [3.05, 3.63) is 46.2 Å². The zero-order valence-corrected chi connectivity index (χ0v) is 13.1. The quantitative estimate of drug-likeness (QED) is 0.871. The molecule has 0 bridgehead atoms. The molecule has 0 aromatic carbocycles. The van der Waals surface area contributed by atoms with Crippen LogP contribution in [0.4, 0.5) is 5.00 Å². The van der Waals surface area contributed by atoms with Gasteiger partial charge in [-0.3, -0.25) is 4.79 Å². The first kappa shape index (κ1) is 14.6. The van der Waals surface area contributed by atoms with Gasteiger partial charge in [-0.1, -0.05) is 6.92 Å². The molecule has 0 saturated heterocycles. The van der Waals surface area contributed by atoms with Gasteiger partial charge in [0.2, 0.25) is 5.91 Å². The maximum Gasteiger partial charge on any atom is 0.249 e. The number of nitrogens with zero attached hydrogens (tertiary/aromatic N) is 1. The third kappa shape index (κ3) is 2.97. The first-order valence-electron chi connectivity index (χ1n) is 7.24. The Balaban J connectivity index is 1.78. The van der Waals surface area contributed by atoms with Gasteiger partial charge in [-0.25, -0.2) is 0 Å². The zero-order chi connectivity index (χ0) is 15.5. The van der Waals surface area contributed by atoms with Gasteiger partial charge in [-0.2, -0.15) is 5.26 Å². The topological polar surface area (TPSA) is 66.0 Å². The Morgan fingerprint density at radius 1 is 1.59 bits per heavy atom. The summed E-state index contributed by atoms with van der Waals surface area (Å²) < 4.78 is 5.14. The monoisotopic (exact) mass is 312 g/mol. The van der Waals surface area contributed by atoms with Crippen LogP contribution in [0, 0.1) is 17.2 Å². The summed E-state index contributed by atoms with van der Waals surface area (Å²) in [7, 11) is 0. The van der Waals surface area contributed by atoms with Crippen LogP contribution < -0.4 is 5.32 Å². The van der Waals surface area contributed by atoms with E-state index in [1.165, 1.54) is 22.3 Å². The van der Waals surface area contributed by atoms with Crippen LogP contribution in [0.2, 0.25) is 0 Å². The Morgan fingerprint density at radius 3 is 3.18 bits per heavy atom. The number of rotatable bonds is 3. The first-order chi connectivity index (χ1) is 10.7. The van der Waals surface area contributed by atoms with Gasteiger partial charge in [0.15, 0.2) is 0 Å². The molecule has 0 fully saturated rings. The summed E-state index contributed by atoms with van der Waals surface area (Å²) in [6.45, 7) is 2.22. The van der Waals surface area contributed by atoms with Crippen LogP contribution in [0.3, 0.4) is 0 Å². The Morgan fingerprint density at radius 2 is 2.45 bits per heavy atom. The van der Waals surface area contributed by atoms with Crippen LogP contribution in [-0.2, 0) is 17.6 Å². The summed E-state index contributed by atoms with van der Waals surface area (Å²) in [5, 5.41) is 12.9. The third-order valence-electron chi connectivity index (χ3n) is 3.80. The Hall–Kier alpha value is -2.32. The van der Waals surface area contributed by atoms with Gasteiger partial charge in [0.05, 0.1) is 11.8 Å². The number of fused-ring (bicyclic) bond motifs is 1. The molecule has 0 spiro atoms. The first-order valence-corrected chi connectivity index (χ1v) is 8.06. The Kier molecular flexibility index (Phi) is 4.12. The van der Waals surface area contributed by atoms with Gasteiger partial charge >= 0.3 is 0 Å². The van der Waals surface area contributed by atoms with Crippen LogP contribution in [0.1, 0.15) is 35.1 Å². The van der Waals surface area contributed by atoms with Gasteiger partial charge in [-0.15, -0.1) is 11.3 Å². The lowest BCUT2D eigenvalue weighted by molar-refractivity contribution is -0.111. The molecule has 1 aliphatic rings. The number of hydrogen-bond donors (Lipinski definition) is 1. The molecule has 2 aromatic heterocycles. The van der Waals surface area contributed by atoms with E-state index in [1.54, 1.807) is 24.5 Å². The number of anilines is 1. The Bertz CT molecular complexity index is 750. The molecular formula is C17H16N2O2S. The largest absolute Gasteiger partial charge is 0.465 e. The molecule has 4 nitrogen and oxygen atoms in total. The van der Waals surface area contributed by atoms with Gasteiger partial charge < -0.3 is 9.73 Å². The number of nitriles is 1. The van der Waals surface area contributed by atoms with E-state index in [0.29, 0.717) is 22.2 Å². The normalized spacial score (nSPS) is 17.2. The number of thiophene rings is 1. The van der Waals surface area contributed by atoms with Crippen molar-refractivity contribution >= 4 is 28.3 Å². The van der Waals surface area contributed by atoms with E-state index in [-0.39, 0.29) is 5.91 Å². The average Bonchev–Trinajstić information content (AvgIpc) is 3.11. The molecule has 3 rings (SSSR count). The molecule has 22 heavy (non-hydrogen) atoms. The van der Waals surface area contributed by atoms with Crippen LogP contribution in [0.25, 0.3) is 6.08 Å². The fourth-order valence-electron chi connectivity index (χ4n) is 2.65. The molecule has 2 heterocycles. The molecule has 1 N–H and O–H groups in total. The van der Waals surface area contributed by atoms with Gasteiger partial charge in [0.25, 0.3) is 0 Å². The van der Waals surface area contributed by atoms with Crippen molar-refractivity contribution in [2.45, 2.75) is 26.2 Å². The molecule has 5 heteroatoms. The highest BCUT2D eigenvalue weighted by molar-refractivity contribution is 7.16. The third-order valence-corrected chi connectivity index (χ3v) is 4.97. The van der Waals surface area contributed by atoms with Crippen molar-refractivity contribution in [1.29, 1.82) is 5.26 Å². The van der Waals surface area contributed by atoms with Crippen molar-refractivity contribution in [2.75, 3.05) is 5.32 Å². The summed E-state index contributed by atoms with van der Waals surface area (Å²) in [6, 6.07) is 5.78. The van der Waals surface area contributed by atoms with Gasteiger partial charge in [0.1, 0.15) is 16.8 Å². The summed E-state index contributed by atoms with van der Waals surface area (Å²) in [4.78, 5) is 13.2. The summed E-state index contributed by atoms with van der Waals surface area (Å²) >= 11 is 1.53. The second-order valence-electron chi connectivity index (χ2n) is 5.51. The van der Waals surface area contributed by atoms with Crippen LogP contribution in [-0.4, -0.2) is 5.91 Å². The number of amides is 1. The van der Waals surface area contributed by atoms with Crippen molar-refractivity contribution < 1.29 is 9.21 Å². The highest BCUT2D eigenvalue weighted by atomic mass is 32.1. The zero-order valence-electron chi connectivity index (χ0n) is 12.3. The highest BCUT2D eigenvalue weighted by Crippen LogP contribution is 2.39. The predicted molar refractivity (Wildman–Crippen MR) is 86.6 cm³/mol.